The van der Waals surface area contributed by atoms with Crippen molar-refractivity contribution in [3.05, 3.63) is 47.3 Å². The van der Waals surface area contributed by atoms with Gasteiger partial charge in [0.05, 0.1) is 31.0 Å². The second-order valence-corrected chi connectivity index (χ2v) is 6.09. The fourth-order valence-corrected chi connectivity index (χ4v) is 2.72. The van der Waals surface area contributed by atoms with Crippen LogP contribution in [0, 0.1) is 0 Å². The summed E-state index contributed by atoms with van der Waals surface area (Å²) in [6.45, 7) is 0.416. The number of fused-ring (bicyclic) bond motifs is 1. The van der Waals surface area contributed by atoms with E-state index in [9.17, 15) is 14.7 Å². The van der Waals surface area contributed by atoms with Gasteiger partial charge in [0, 0.05) is 31.0 Å². The minimum absolute atomic E-state index is 0.0526. The number of carbonyl (C=O) groups is 2. The molecule has 1 unspecified atom stereocenters. The van der Waals surface area contributed by atoms with Crippen LogP contribution < -0.4 is 5.32 Å². The zero-order chi connectivity index (χ0) is 18.0. The first-order valence-electron chi connectivity index (χ1n) is 7.99. The molecule has 0 saturated carbocycles. The van der Waals surface area contributed by atoms with Crippen LogP contribution in [0.1, 0.15) is 26.3 Å². The van der Waals surface area contributed by atoms with Crippen LogP contribution in [-0.4, -0.2) is 63.0 Å². The highest BCUT2D eigenvalue weighted by Gasteiger charge is 2.22. The van der Waals surface area contributed by atoms with Crippen molar-refractivity contribution < 1.29 is 19.8 Å². The standard InChI is InChI=1S/C17H20N4O4/c1-20-5-4-11-2-3-13(6-15(11)17(20)25)19-16(24)12-7-18-21(8-12)9-14(23)10-22/h2-3,6-8,14,22-23H,4-5,9-10H2,1H3,(H,19,24). The molecule has 1 aromatic heterocycles. The second-order valence-electron chi connectivity index (χ2n) is 6.09. The summed E-state index contributed by atoms with van der Waals surface area (Å²) in [5.41, 5.74) is 2.45. The average molecular weight is 344 g/mol. The monoisotopic (exact) mass is 344 g/mol. The van der Waals surface area contributed by atoms with Gasteiger partial charge in [0.25, 0.3) is 11.8 Å². The van der Waals surface area contributed by atoms with Gasteiger partial charge in [-0.05, 0) is 24.1 Å². The van der Waals surface area contributed by atoms with E-state index < -0.39 is 6.10 Å². The Labute approximate surface area is 144 Å². The molecule has 2 amide bonds. The van der Waals surface area contributed by atoms with Gasteiger partial charge in [0.1, 0.15) is 0 Å². The van der Waals surface area contributed by atoms with Crippen molar-refractivity contribution in [1.82, 2.24) is 14.7 Å². The van der Waals surface area contributed by atoms with Crippen LogP contribution >= 0.6 is 0 Å². The lowest BCUT2D eigenvalue weighted by atomic mass is 9.98. The molecule has 0 saturated heterocycles. The summed E-state index contributed by atoms with van der Waals surface area (Å²) in [7, 11) is 1.76. The SMILES string of the molecule is CN1CCc2ccc(NC(=O)c3cnn(CC(O)CO)c3)cc2C1=O. The number of aliphatic hydroxyl groups is 2. The van der Waals surface area contributed by atoms with Gasteiger partial charge in [-0.25, -0.2) is 0 Å². The molecule has 3 N–H and O–H groups in total. The molecule has 25 heavy (non-hydrogen) atoms. The van der Waals surface area contributed by atoms with E-state index >= 15 is 0 Å². The van der Waals surface area contributed by atoms with E-state index in [1.54, 1.807) is 24.1 Å². The second kappa shape index (κ2) is 7.04. The Kier molecular flexibility index (Phi) is 4.82. The number of rotatable bonds is 5. The van der Waals surface area contributed by atoms with Crippen molar-refractivity contribution in [3.63, 3.8) is 0 Å². The van der Waals surface area contributed by atoms with Crippen molar-refractivity contribution in [2.24, 2.45) is 0 Å². The third kappa shape index (κ3) is 3.70. The first-order valence-corrected chi connectivity index (χ1v) is 7.99. The average Bonchev–Trinajstić information content (AvgIpc) is 3.07. The Balaban J connectivity index is 1.72. The minimum atomic E-state index is -0.931. The van der Waals surface area contributed by atoms with Gasteiger partial charge in [-0.2, -0.15) is 5.10 Å². The summed E-state index contributed by atoms with van der Waals surface area (Å²) in [4.78, 5) is 26.2. The molecular weight excluding hydrogens is 324 g/mol. The molecule has 0 aliphatic carbocycles. The summed E-state index contributed by atoms with van der Waals surface area (Å²) < 4.78 is 1.39. The molecule has 0 fully saturated rings. The number of amides is 2. The molecule has 8 heteroatoms. The Morgan fingerprint density at radius 1 is 1.44 bits per heavy atom. The Morgan fingerprint density at radius 3 is 3.00 bits per heavy atom. The fourth-order valence-electron chi connectivity index (χ4n) is 2.72. The molecule has 1 atom stereocenters. The molecule has 132 valence electrons. The van der Waals surface area contributed by atoms with Gasteiger partial charge in [0.2, 0.25) is 0 Å². The highest BCUT2D eigenvalue weighted by atomic mass is 16.3. The number of hydrogen-bond donors (Lipinski definition) is 3. The van der Waals surface area contributed by atoms with Gasteiger partial charge in [0.15, 0.2) is 0 Å². The topological polar surface area (TPSA) is 108 Å². The Morgan fingerprint density at radius 2 is 2.24 bits per heavy atom. The summed E-state index contributed by atoms with van der Waals surface area (Å²) in [5, 5.41) is 25.0. The predicted octanol–water partition coefficient (Wildman–Crippen LogP) is 0.117. The lowest BCUT2D eigenvalue weighted by Gasteiger charge is -2.25. The van der Waals surface area contributed by atoms with E-state index in [-0.39, 0.29) is 25.0 Å². The van der Waals surface area contributed by atoms with Gasteiger partial charge in [-0.3, -0.25) is 14.3 Å². The maximum Gasteiger partial charge on any atom is 0.258 e. The quantitative estimate of drug-likeness (QED) is 0.714. The van der Waals surface area contributed by atoms with Crippen LogP contribution in [0.2, 0.25) is 0 Å². The number of aliphatic hydroxyl groups excluding tert-OH is 2. The van der Waals surface area contributed by atoms with Gasteiger partial charge in [-0.1, -0.05) is 6.07 Å². The summed E-state index contributed by atoms with van der Waals surface area (Å²) in [5.74, 6) is -0.413. The predicted molar refractivity (Wildman–Crippen MR) is 90.4 cm³/mol. The third-order valence-corrected chi connectivity index (χ3v) is 4.17. The Hall–Kier alpha value is -2.71. The normalized spacial score (nSPS) is 15.0. The number of nitrogens with zero attached hydrogens (tertiary/aromatic N) is 3. The fraction of sp³-hybridized carbons (Fsp3) is 0.353. The van der Waals surface area contributed by atoms with Crippen molar-refractivity contribution in [2.75, 3.05) is 25.5 Å². The van der Waals surface area contributed by atoms with Crippen molar-refractivity contribution in [3.8, 4) is 0 Å². The lowest BCUT2D eigenvalue weighted by molar-refractivity contribution is 0.0779. The maximum absolute atomic E-state index is 12.3. The molecule has 0 bridgehead atoms. The van der Waals surface area contributed by atoms with E-state index in [2.05, 4.69) is 10.4 Å². The summed E-state index contributed by atoms with van der Waals surface area (Å²) >= 11 is 0. The molecule has 2 heterocycles. The van der Waals surface area contributed by atoms with Gasteiger partial charge < -0.3 is 20.4 Å². The molecule has 1 aliphatic rings. The zero-order valence-electron chi connectivity index (χ0n) is 13.8. The van der Waals surface area contributed by atoms with Crippen LogP contribution in [0.25, 0.3) is 0 Å². The zero-order valence-corrected chi connectivity index (χ0v) is 13.8. The molecule has 8 nitrogen and oxygen atoms in total. The largest absolute Gasteiger partial charge is 0.394 e. The number of hydrogen-bond acceptors (Lipinski definition) is 5. The van der Waals surface area contributed by atoms with Crippen LogP contribution in [0.5, 0.6) is 0 Å². The molecule has 2 aromatic rings. The summed E-state index contributed by atoms with van der Waals surface area (Å²) in [6.07, 6.45) is 2.74. The van der Waals surface area contributed by atoms with Crippen LogP contribution in [-0.2, 0) is 13.0 Å². The van der Waals surface area contributed by atoms with E-state index in [0.29, 0.717) is 23.4 Å². The van der Waals surface area contributed by atoms with E-state index in [1.165, 1.54) is 17.1 Å². The van der Waals surface area contributed by atoms with E-state index in [1.807, 2.05) is 6.07 Å². The van der Waals surface area contributed by atoms with Crippen LogP contribution in [0.4, 0.5) is 5.69 Å². The molecule has 0 spiro atoms. The highest BCUT2D eigenvalue weighted by Crippen LogP contribution is 2.22. The van der Waals surface area contributed by atoms with Gasteiger partial charge in [-0.15, -0.1) is 0 Å². The molecule has 1 aliphatic heterocycles. The molecule has 1 aromatic carbocycles. The molecule has 3 rings (SSSR count). The smallest absolute Gasteiger partial charge is 0.258 e. The molecule has 0 radical (unpaired) electrons. The number of anilines is 1. The first-order chi connectivity index (χ1) is 12.0. The third-order valence-electron chi connectivity index (χ3n) is 4.17. The minimum Gasteiger partial charge on any atom is -0.394 e. The number of likely N-dealkylation sites (N-methyl/N-ethyl adjacent to an activating group) is 1. The van der Waals surface area contributed by atoms with Gasteiger partial charge >= 0.3 is 0 Å². The van der Waals surface area contributed by atoms with Crippen molar-refractivity contribution in [2.45, 2.75) is 19.1 Å². The lowest BCUT2D eigenvalue weighted by Crippen LogP contribution is -2.34. The number of benzene rings is 1. The van der Waals surface area contributed by atoms with Crippen LogP contribution in [0.15, 0.2) is 30.6 Å². The number of aromatic nitrogens is 2. The van der Waals surface area contributed by atoms with Crippen LogP contribution in [0.3, 0.4) is 0 Å². The van der Waals surface area contributed by atoms with Crippen molar-refractivity contribution in [1.29, 1.82) is 0 Å². The Bertz CT molecular complexity index is 802. The molecular formula is C17H20N4O4. The number of carbonyl (C=O) groups excluding carboxylic acids is 2. The maximum atomic E-state index is 12.3. The first kappa shape index (κ1) is 17.1. The van der Waals surface area contributed by atoms with E-state index in [4.69, 9.17) is 5.11 Å². The van der Waals surface area contributed by atoms with Crippen molar-refractivity contribution >= 4 is 17.5 Å². The van der Waals surface area contributed by atoms with E-state index in [0.717, 1.165) is 12.0 Å². The summed E-state index contributed by atoms with van der Waals surface area (Å²) in [6, 6.07) is 5.32. The number of nitrogens with one attached hydrogen (secondary N) is 1. The highest BCUT2D eigenvalue weighted by molar-refractivity contribution is 6.05.